The quantitative estimate of drug-likeness (QED) is 0.427. The molecule has 1 amide bonds. The minimum Gasteiger partial charge on any atom is -0.345 e. The second-order valence-electron chi connectivity index (χ2n) is 7.09. The molecule has 31 heavy (non-hydrogen) atoms. The van der Waals surface area contributed by atoms with Crippen LogP contribution in [0.15, 0.2) is 72.9 Å². The molecule has 158 valence electrons. The third kappa shape index (κ3) is 4.14. The minimum absolute atomic E-state index is 0.338. The molecule has 8 heteroatoms. The fourth-order valence-corrected chi connectivity index (χ4v) is 3.38. The highest BCUT2D eigenvalue weighted by atomic mass is 19.4. The van der Waals surface area contributed by atoms with Gasteiger partial charge in [-0.25, -0.2) is 9.07 Å². The van der Waals surface area contributed by atoms with Crippen LogP contribution in [0.1, 0.15) is 34.5 Å². The van der Waals surface area contributed by atoms with Gasteiger partial charge < -0.3 is 5.32 Å². The highest BCUT2D eigenvalue weighted by molar-refractivity contribution is 6.06. The van der Waals surface area contributed by atoms with Crippen LogP contribution < -0.4 is 5.32 Å². The molecule has 4 nitrogen and oxygen atoms in total. The smallest absolute Gasteiger partial charge is 0.345 e. The van der Waals surface area contributed by atoms with Crippen LogP contribution in [-0.4, -0.2) is 15.7 Å². The molecular formula is C23H17F4N3O. The zero-order valence-electron chi connectivity index (χ0n) is 16.3. The molecule has 0 unspecified atom stereocenters. The van der Waals surface area contributed by atoms with Crippen LogP contribution in [0.25, 0.3) is 16.6 Å². The average molecular weight is 427 g/mol. The maximum Gasteiger partial charge on any atom is 0.416 e. The molecule has 1 aromatic heterocycles. The number of benzene rings is 3. The van der Waals surface area contributed by atoms with Crippen molar-refractivity contribution in [2.24, 2.45) is 0 Å². The molecule has 0 aliphatic carbocycles. The minimum atomic E-state index is -4.46. The van der Waals surface area contributed by atoms with E-state index in [2.05, 4.69) is 10.4 Å². The first-order valence-electron chi connectivity index (χ1n) is 9.45. The van der Waals surface area contributed by atoms with Gasteiger partial charge in [0, 0.05) is 5.39 Å². The van der Waals surface area contributed by atoms with Crippen LogP contribution >= 0.6 is 0 Å². The number of hydrogen-bond acceptors (Lipinski definition) is 2. The summed E-state index contributed by atoms with van der Waals surface area (Å²) in [5.41, 5.74) is 1.19. The molecule has 0 aliphatic heterocycles. The van der Waals surface area contributed by atoms with Crippen molar-refractivity contribution >= 4 is 16.8 Å². The lowest BCUT2D eigenvalue weighted by molar-refractivity contribution is -0.137. The van der Waals surface area contributed by atoms with Crippen LogP contribution in [0.4, 0.5) is 17.6 Å². The molecule has 0 saturated carbocycles. The second-order valence-corrected chi connectivity index (χ2v) is 7.09. The summed E-state index contributed by atoms with van der Waals surface area (Å²) >= 11 is 0. The van der Waals surface area contributed by atoms with Gasteiger partial charge in [-0.3, -0.25) is 4.79 Å². The topological polar surface area (TPSA) is 46.9 Å². The van der Waals surface area contributed by atoms with Crippen molar-refractivity contribution in [1.29, 1.82) is 0 Å². The van der Waals surface area contributed by atoms with Crippen molar-refractivity contribution in [3.05, 3.63) is 95.4 Å². The number of aromatic nitrogens is 2. The van der Waals surface area contributed by atoms with Crippen molar-refractivity contribution < 1.29 is 22.4 Å². The predicted octanol–water partition coefficient (Wildman–Crippen LogP) is 5.67. The molecule has 0 aliphatic rings. The summed E-state index contributed by atoms with van der Waals surface area (Å²) in [4.78, 5) is 12.9. The normalized spacial score (nSPS) is 12.7. The molecule has 1 atom stereocenters. The van der Waals surface area contributed by atoms with E-state index in [0.717, 1.165) is 12.1 Å². The SMILES string of the molecule is C[C@@H](NC(=O)c1cccc2c1cnn2-c1ccc(F)cc1)c1cccc(C(F)(F)F)c1. The third-order valence-electron chi connectivity index (χ3n) is 4.99. The van der Waals surface area contributed by atoms with Gasteiger partial charge >= 0.3 is 6.18 Å². The third-order valence-corrected chi connectivity index (χ3v) is 4.99. The van der Waals surface area contributed by atoms with Crippen molar-refractivity contribution in [3.8, 4) is 5.69 Å². The molecule has 1 heterocycles. The van der Waals surface area contributed by atoms with Crippen LogP contribution in [0.3, 0.4) is 0 Å². The first-order chi connectivity index (χ1) is 14.7. The number of hydrogen-bond donors (Lipinski definition) is 1. The molecule has 4 rings (SSSR count). The van der Waals surface area contributed by atoms with Gasteiger partial charge in [-0.05, 0) is 61.0 Å². The Morgan fingerprint density at radius 2 is 1.74 bits per heavy atom. The largest absolute Gasteiger partial charge is 0.416 e. The Balaban J connectivity index is 1.62. The number of nitrogens with zero attached hydrogens (tertiary/aromatic N) is 2. The number of carbonyl (C=O) groups excluding carboxylic acids is 1. The number of carbonyl (C=O) groups is 1. The molecule has 0 saturated heterocycles. The molecule has 0 bridgehead atoms. The lowest BCUT2D eigenvalue weighted by atomic mass is 10.0. The number of rotatable bonds is 4. The van der Waals surface area contributed by atoms with Crippen molar-refractivity contribution in [1.82, 2.24) is 15.1 Å². The highest BCUT2D eigenvalue weighted by Gasteiger charge is 2.30. The first kappa shape index (κ1) is 20.6. The maximum absolute atomic E-state index is 13.2. The van der Waals surface area contributed by atoms with Crippen LogP contribution in [0, 0.1) is 5.82 Å². The Bertz CT molecular complexity index is 1250. The van der Waals surface area contributed by atoms with Gasteiger partial charge in [-0.1, -0.05) is 18.2 Å². The van der Waals surface area contributed by atoms with Crippen molar-refractivity contribution in [2.75, 3.05) is 0 Å². The summed E-state index contributed by atoms with van der Waals surface area (Å²) < 4.78 is 53.7. The zero-order chi connectivity index (χ0) is 22.2. The number of alkyl halides is 3. The summed E-state index contributed by atoms with van der Waals surface area (Å²) in [6, 6.07) is 15.1. The Labute approximate surface area is 175 Å². The van der Waals surface area contributed by atoms with E-state index < -0.39 is 23.7 Å². The standard InChI is InChI=1S/C23H17F4N3O/c1-14(15-4-2-5-16(12-15)23(25,26)27)29-22(31)19-6-3-7-21-20(19)13-28-30(21)18-10-8-17(24)9-11-18/h2-14H,1H3,(H,29,31)/t14-/m1/s1. The molecule has 0 radical (unpaired) electrons. The summed E-state index contributed by atoms with van der Waals surface area (Å²) in [5, 5.41) is 7.62. The van der Waals surface area contributed by atoms with E-state index in [0.29, 0.717) is 27.7 Å². The number of fused-ring (bicyclic) bond motifs is 1. The molecular weight excluding hydrogens is 410 g/mol. The van der Waals surface area contributed by atoms with E-state index in [-0.39, 0.29) is 5.82 Å². The fraction of sp³-hybridized carbons (Fsp3) is 0.130. The van der Waals surface area contributed by atoms with E-state index in [1.54, 1.807) is 41.9 Å². The van der Waals surface area contributed by atoms with E-state index in [9.17, 15) is 22.4 Å². The van der Waals surface area contributed by atoms with E-state index in [4.69, 9.17) is 0 Å². The van der Waals surface area contributed by atoms with E-state index >= 15 is 0 Å². The lowest BCUT2D eigenvalue weighted by Crippen LogP contribution is -2.27. The monoisotopic (exact) mass is 427 g/mol. The van der Waals surface area contributed by atoms with Crippen molar-refractivity contribution in [2.45, 2.75) is 19.1 Å². The van der Waals surface area contributed by atoms with Crippen LogP contribution in [-0.2, 0) is 6.18 Å². The Morgan fingerprint density at radius 1 is 1.03 bits per heavy atom. The summed E-state index contributed by atoms with van der Waals surface area (Å²) in [6.07, 6.45) is -2.93. The van der Waals surface area contributed by atoms with Gasteiger partial charge in [-0.15, -0.1) is 0 Å². The Morgan fingerprint density at radius 3 is 2.45 bits per heavy atom. The van der Waals surface area contributed by atoms with E-state index in [1.807, 2.05) is 0 Å². The van der Waals surface area contributed by atoms with Gasteiger partial charge in [0.15, 0.2) is 0 Å². The zero-order valence-corrected chi connectivity index (χ0v) is 16.3. The molecule has 3 aromatic carbocycles. The van der Waals surface area contributed by atoms with Crippen molar-refractivity contribution in [3.63, 3.8) is 0 Å². The average Bonchev–Trinajstić information content (AvgIpc) is 3.18. The summed E-state index contributed by atoms with van der Waals surface area (Å²) in [5.74, 6) is -0.807. The summed E-state index contributed by atoms with van der Waals surface area (Å²) in [7, 11) is 0. The molecule has 0 spiro atoms. The second kappa shape index (κ2) is 7.86. The molecule has 4 aromatic rings. The molecule has 1 N–H and O–H groups in total. The lowest BCUT2D eigenvalue weighted by Gasteiger charge is -2.16. The van der Waals surface area contributed by atoms with Gasteiger partial charge in [0.25, 0.3) is 5.91 Å². The van der Waals surface area contributed by atoms with Gasteiger partial charge in [0.05, 0.1) is 34.6 Å². The maximum atomic E-state index is 13.2. The fourth-order valence-electron chi connectivity index (χ4n) is 3.38. The first-order valence-corrected chi connectivity index (χ1v) is 9.45. The number of nitrogens with one attached hydrogen (secondary N) is 1. The van der Waals surface area contributed by atoms with Gasteiger partial charge in [-0.2, -0.15) is 18.3 Å². The number of halogens is 4. The number of amides is 1. The predicted molar refractivity (Wildman–Crippen MR) is 108 cm³/mol. The van der Waals surface area contributed by atoms with Crippen LogP contribution in [0.2, 0.25) is 0 Å². The Hall–Kier alpha value is -3.68. The van der Waals surface area contributed by atoms with E-state index in [1.165, 1.54) is 30.5 Å². The Kier molecular flexibility index (Phi) is 5.22. The van der Waals surface area contributed by atoms with Gasteiger partial charge in [0.1, 0.15) is 5.82 Å². The highest BCUT2D eigenvalue weighted by Crippen LogP contribution is 2.31. The molecule has 0 fully saturated rings. The summed E-state index contributed by atoms with van der Waals surface area (Å²) in [6.45, 7) is 1.62. The van der Waals surface area contributed by atoms with Crippen LogP contribution in [0.5, 0.6) is 0 Å². The van der Waals surface area contributed by atoms with Gasteiger partial charge in [0.2, 0.25) is 0 Å².